The van der Waals surface area contributed by atoms with Crippen LogP contribution in [-0.4, -0.2) is 94.6 Å². The number of halogens is 2. The normalized spacial score (nSPS) is 11.0. The number of nitrogens with one attached hydrogen (secondary N) is 2. The van der Waals surface area contributed by atoms with Gasteiger partial charge in [0.2, 0.25) is 0 Å². The summed E-state index contributed by atoms with van der Waals surface area (Å²) in [7, 11) is 5.83. The average Bonchev–Trinajstić information content (AvgIpc) is 3.66. The average molecular weight is 756 g/mol. The number of aromatic nitrogens is 2. The van der Waals surface area contributed by atoms with Crippen molar-refractivity contribution in [2.45, 2.75) is 25.8 Å². The number of carboxylic acids is 1. The summed E-state index contributed by atoms with van der Waals surface area (Å²) in [4.78, 5) is 43.3. The number of anilines is 1. The molecule has 0 bridgehead atoms. The van der Waals surface area contributed by atoms with Gasteiger partial charge in [-0.2, -0.15) is 0 Å². The molecule has 0 aliphatic carbocycles. The van der Waals surface area contributed by atoms with E-state index >= 15 is 0 Å². The fraction of sp³-hybridized carbons (Fsp3) is 0.351. The van der Waals surface area contributed by atoms with E-state index in [0.29, 0.717) is 53.8 Å². The van der Waals surface area contributed by atoms with Gasteiger partial charge in [-0.25, -0.2) is 10.5 Å². The Hall–Kier alpha value is -4.82. The highest BCUT2D eigenvalue weighted by Gasteiger charge is 2.20. The molecule has 0 fully saturated rings. The van der Waals surface area contributed by atoms with Crippen LogP contribution < -0.4 is 20.4 Å². The Morgan fingerprint density at radius 2 is 1.69 bits per heavy atom. The Labute approximate surface area is 312 Å². The summed E-state index contributed by atoms with van der Waals surface area (Å²) in [6.07, 6.45) is 1.40. The van der Waals surface area contributed by atoms with Gasteiger partial charge in [0.15, 0.2) is 5.76 Å². The van der Waals surface area contributed by atoms with Gasteiger partial charge >= 0.3 is 5.97 Å². The Bertz CT molecular complexity index is 1940. The molecule has 5 rings (SSSR count). The third-order valence-electron chi connectivity index (χ3n) is 8.08. The summed E-state index contributed by atoms with van der Waals surface area (Å²) in [5, 5.41) is 21.1. The van der Waals surface area contributed by atoms with Crippen molar-refractivity contribution in [3.63, 3.8) is 0 Å². The van der Waals surface area contributed by atoms with E-state index < -0.39 is 11.9 Å². The number of aliphatic carboxylic acids is 1. The highest BCUT2D eigenvalue weighted by molar-refractivity contribution is 6.18. The summed E-state index contributed by atoms with van der Waals surface area (Å²) in [5.74, 6) is 1.17. The number of fused-ring (bicyclic) bond motifs is 2. The van der Waals surface area contributed by atoms with Crippen LogP contribution in [0.2, 0.25) is 0 Å². The molecule has 15 heteroatoms. The monoisotopic (exact) mass is 754 g/mol. The lowest BCUT2D eigenvalue weighted by Gasteiger charge is -2.22. The minimum Gasteiger partial charge on any atom is -0.492 e. The number of rotatable bonds is 17. The number of para-hydroxylation sites is 1. The van der Waals surface area contributed by atoms with Crippen LogP contribution in [0.15, 0.2) is 71.1 Å². The summed E-state index contributed by atoms with van der Waals surface area (Å²) in [6.45, 7) is 2.59. The van der Waals surface area contributed by atoms with E-state index in [1.807, 2.05) is 73.1 Å². The number of carbonyl (C=O) groups excluding carboxylic acids is 2. The highest BCUT2D eigenvalue weighted by atomic mass is 35.5. The topological polar surface area (TPSA) is 162 Å². The largest absolute Gasteiger partial charge is 0.492 e. The molecular weight excluding hydrogens is 711 g/mol. The van der Waals surface area contributed by atoms with Crippen LogP contribution in [0, 0.1) is 0 Å². The SMILES string of the molecule is CN(C)Cc1c(C(=O)NCCOc2ccc(C(=O)NO)cc2)oc2ccccc12.Cn1c(CCCC(=O)O)nc2cc(N(CCCl)CCCl)ccc21. The second kappa shape index (κ2) is 19.7. The highest BCUT2D eigenvalue weighted by Crippen LogP contribution is 2.27. The van der Waals surface area contributed by atoms with Crippen molar-refractivity contribution in [1.82, 2.24) is 25.2 Å². The molecule has 2 heterocycles. The van der Waals surface area contributed by atoms with Crippen molar-refractivity contribution >= 4 is 68.7 Å². The summed E-state index contributed by atoms with van der Waals surface area (Å²) in [6, 6.07) is 20.0. The van der Waals surface area contributed by atoms with E-state index in [4.69, 9.17) is 42.7 Å². The first-order valence-corrected chi connectivity index (χ1v) is 17.8. The van der Waals surface area contributed by atoms with Gasteiger partial charge in [-0.3, -0.25) is 19.6 Å². The number of carboxylic acid groups (broad SMARTS) is 1. The molecule has 2 aromatic heterocycles. The molecule has 0 spiro atoms. The lowest BCUT2D eigenvalue weighted by atomic mass is 10.1. The van der Waals surface area contributed by atoms with Crippen LogP contribution in [0.1, 0.15) is 45.1 Å². The number of benzene rings is 3. The molecule has 0 radical (unpaired) electrons. The number of furan rings is 1. The number of hydroxylamine groups is 1. The van der Waals surface area contributed by atoms with Gasteiger partial charge in [-0.1, -0.05) is 18.2 Å². The maximum atomic E-state index is 12.6. The molecule has 52 heavy (non-hydrogen) atoms. The van der Waals surface area contributed by atoms with Gasteiger partial charge in [0.05, 0.1) is 17.6 Å². The second-order valence-corrected chi connectivity index (χ2v) is 12.8. The molecule has 0 aliphatic heterocycles. The van der Waals surface area contributed by atoms with Crippen LogP contribution in [-0.2, 0) is 24.8 Å². The summed E-state index contributed by atoms with van der Waals surface area (Å²) < 4.78 is 13.4. The number of hydrogen-bond acceptors (Lipinski definition) is 9. The number of carbonyl (C=O) groups is 3. The second-order valence-electron chi connectivity index (χ2n) is 12.1. The van der Waals surface area contributed by atoms with Crippen LogP contribution in [0.3, 0.4) is 0 Å². The van der Waals surface area contributed by atoms with Crippen molar-refractivity contribution in [2.75, 3.05) is 57.0 Å². The number of ether oxygens (including phenoxy) is 1. The molecule has 0 aliphatic rings. The van der Waals surface area contributed by atoms with E-state index in [1.165, 1.54) is 12.1 Å². The third-order valence-corrected chi connectivity index (χ3v) is 8.41. The van der Waals surface area contributed by atoms with Crippen LogP contribution in [0.4, 0.5) is 5.69 Å². The van der Waals surface area contributed by atoms with Gasteiger partial charge in [-0.15, -0.1) is 23.2 Å². The fourth-order valence-electron chi connectivity index (χ4n) is 5.57. The van der Waals surface area contributed by atoms with Crippen molar-refractivity contribution in [3.05, 3.63) is 89.4 Å². The molecular formula is C37H44Cl2N6O7. The van der Waals surface area contributed by atoms with E-state index in [1.54, 1.807) is 17.6 Å². The van der Waals surface area contributed by atoms with Crippen molar-refractivity contribution in [1.29, 1.82) is 0 Å². The van der Waals surface area contributed by atoms with E-state index in [2.05, 4.69) is 15.2 Å². The number of hydrogen-bond donors (Lipinski definition) is 4. The zero-order valence-electron chi connectivity index (χ0n) is 29.4. The van der Waals surface area contributed by atoms with Gasteiger partial charge in [0, 0.05) is 73.5 Å². The molecule has 4 N–H and O–H groups in total. The molecule has 2 amide bonds. The van der Waals surface area contributed by atoms with Gasteiger partial charge < -0.3 is 33.9 Å². The quantitative estimate of drug-likeness (QED) is 0.0402. The Balaban J connectivity index is 0.000000239. The molecule has 3 aromatic carbocycles. The Morgan fingerprint density at radius 1 is 0.981 bits per heavy atom. The number of nitrogens with zero attached hydrogens (tertiary/aromatic N) is 4. The fourth-order valence-corrected chi connectivity index (χ4v) is 5.97. The molecule has 278 valence electrons. The predicted octanol–water partition coefficient (Wildman–Crippen LogP) is 5.69. The Kier molecular flexibility index (Phi) is 15.1. The maximum absolute atomic E-state index is 12.6. The van der Waals surface area contributed by atoms with Crippen molar-refractivity contribution in [3.8, 4) is 5.75 Å². The molecule has 13 nitrogen and oxygen atoms in total. The molecule has 0 atom stereocenters. The molecule has 0 saturated heterocycles. The maximum Gasteiger partial charge on any atom is 0.303 e. The first kappa shape index (κ1) is 40.0. The lowest BCUT2D eigenvalue weighted by Crippen LogP contribution is -2.29. The van der Waals surface area contributed by atoms with Gasteiger partial charge in [0.1, 0.15) is 23.8 Å². The van der Waals surface area contributed by atoms with Crippen molar-refractivity contribution in [2.24, 2.45) is 7.05 Å². The zero-order valence-corrected chi connectivity index (χ0v) is 30.9. The van der Waals surface area contributed by atoms with Crippen LogP contribution in [0.25, 0.3) is 22.0 Å². The smallest absolute Gasteiger partial charge is 0.303 e. The van der Waals surface area contributed by atoms with Crippen LogP contribution in [0.5, 0.6) is 5.75 Å². The number of imidazole rings is 1. The predicted molar refractivity (Wildman–Crippen MR) is 202 cm³/mol. The van der Waals surface area contributed by atoms with Crippen molar-refractivity contribution < 1.29 is 33.9 Å². The van der Waals surface area contributed by atoms with E-state index in [0.717, 1.165) is 46.6 Å². The number of amides is 2. The molecule has 0 saturated carbocycles. The standard InChI is InChI=1S/C21H23N3O5.C16H21Cl2N3O2/c1-24(2)13-17-16-5-3-4-6-18(16)29-19(17)21(26)22-11-12-28-15-9-7-14(8-10-15)20(25)23-27;1-20-14-6-5-12(21(9-7-17)10-8-18)11-13(14)19-15(20)3-2-4-16(22)23/h3-10,27H,11-13H2,1-2H3,(H,22,26)(H,23,25);5-6,11H,2-4,7-10H2,1H3,(H,22,23). The van der Waals surface area contributed by atoms with Gasteiger partial charge in [0.25, 0.3) is 11.8 Å². The molecule has 0 unspecified atom stereocenters. The first-order valence-electron chi connectivity index (χ1n) is 16.7. The van der Waals surface area contributed by atoms with Gasteiger partial charge in [-0.05, 0) is 69.0 Å². The zero-order chi connectivity index (χ0) is 37.6. The van der Waals surface area contributed by atoms with Crippen LogP contribution >= 0.6 is 23.2 Å². The van der Waals surface area contributed by atoms with E-state index in [9.17, 15) is 14.4 Å². The summed E-state index contributed by atoms with van der Waals surface area (Å²) >= 11 is 11.7. The molecule has 5 aromatic rings. The number of alkyl halides is 2. The lowest BCUT2D eigenvalue weighted by molar-refractivity contribution is -0.137. The number of aryl methyl sites for hydroxylation is 2. The minimum absolute atomic E-state index is 0.160. The Morgan fingerprint density at radius 3 is 2.35 bits per heavy atom. The first-order chi connectivity index (χ1) is 25.1. The minimum atomic E-state index is -0.774. The van der Waals surface area contributed by atoms with E-state index in [-0.39, 0.29) is 25.5 Å². The summed E-state index contributed by atoms with van der Waals surface area (Å²) in [5.41, 5.74) is 6.40. The third kappa shape index (κ3) is 10.8.